The Morgan fingerprint density at radius 3 is 2.88 bits per heavy atom. The van der Waals surface area contributed by atoms with Crippen LogP contribution in [-0.4, -0.2) is 64.7 Å². The van der Waals surface area contributed by atoms with Crippen LogP contribution in [0.2, 0.25) is 0 Å². The van der Waals surface area contributed by atoms with Crippen molar-refractivity contribution < 1.29 is 19.0 Å². The van der Waals surface area contributed by atoms with Crippen LogP contribution in [0.25, 0.3) is 5.57 Å². The Balaban J connectivity index is 1.62. The fourth-order valence-electron chi connectivity index (χ4n) is 4.75. The van der Waals surface area contributed by atoms with E-state index >= 15 is 0 Å². The molecule has 34 heavy (non-hydrogen) atoms. The summed E-state index contributed by atoms with van der Waals surface area (Å²) in [7, 11) is 1.98. The maximum atomic E-state index is 13.6. The van der Waals surface area contributed by atoms with Gasteiger partial charge in [-0.15, -0.1) is 0 Å². The van der Waals surface area contributed by atoms with Crippen molar-refractivity contribution in [2.24, 2.45) is 5.92 Å². The van der Waals surface area contributed by atoms with Crippen molar-refractivity contribution in [2.75, 3.05) is 26.7 Å². The van der Waals surface area contributed by atoms with E-state index in [0.717, 1.165) is 30.4 Å². The van der Waals surface area contributed by atoms with Crippen molar-refractivity contribution in [3.63, 3.8) is 0 Å². The van der Waals surface area contributed by atoms with Gasteiger partial charge in [0.25, 0.3) is 5.91 Å². The zero-order valence-corrected chi connectivity index (χ0v) is 20.2. The molecule has 1 amide bonds. The van der Waals surface area contributed by atoms with E-state index in [9.17, 15) is 14.3 Å². The number of aliphatic hydroxyl groups is 1. The molecule has 0 saturated heterocycles. The number of benzene rings is 1. The van der Waals surface area contributed by atoms with Gasteiger partial charge < -0.3 is 14.7 Å². The SMILES string of the molecule is C[C@H](CO)N1C[C@H](C)[C@@H](CN(C)Cc2cccc(F)c2)Oc2ncc(C3=CCCC3)cc2C1=O. The highest BCUT2D eigenvalue weighted by Gasteiger charge is 2.34. The highest BCUT2D eigenvalue weighted by Crippen LogP contribution is 2.32. The standard InChI is InChI=1S/C27H34FN3O3/c1-18-14-31(19(2)17-32)27(33)24-12-22(21-8-4-5-9-21)13-29-26(24)34-25(18)16-30(3)15-20-7-6-10-23(28)11-20/h6-8,10-13,18-19,25,32H,4-5,9,14-17H2,1-3H3/t18-,19+,25+/m0/s1. The molecule has 1 aliphatic carbocycles. The van der Waals surface area contributed by atoms with Gasteiger partial charge in [-0.3, -0.25) is 9.69 Å². The number of hydrogen-bond acceptors (Lipinski definition) is 5. The topological polar surface area (TPSA) is 65.9 Å². The van der Waals surface area contributed by atoms with Crippen LogP contribution in [0.5, 0.6) is 5.88 Å². The van der Waals surface area contributed by atoms with E-state index in [1.165, 1.54) is 11.6 Å². The number of hydrogen-bond donors (Lipinski definition) is 1. The maximum Gasteiger partial charge on any atom is 0.259 e. The fourth-order valence-corrected chi connectivity index (χ4v) is 4.75. The van der Waals surface area contributed by atoms with Crippen molar-refractivity contribution in [1.82, 2.24) is 14.8 Å². The number of aromatic nitrogens is 1. The average Bonchev–Trinajstić information content (AvgIpc) is 3.35. The Bertz CT molecular complexity index is 1060. The first-order valence-corrected chi connectivity index (χ1v) is 12.1. The summed E-state index contributed by atoms with van der Waals surface area (Å²) < 4.78 is 20.0. The summed E-state index contributed by atoms with van der Waals surface area (Å²) in [6, 6.07) is 8.17. The van der Waals surface area contributed by atoms with Gasteiger partial charge in [0.1, 0.15) is 17.5 Å². The quantitative estimate of drug-likeness (QED) is 0.663. The van der Waals surface area contributed by atoms with Gasteiger partial charge in [-0.1, -0.05) is 25.1 Å². The van der Waals surface area contributed by atoms with Gasteiger partial charge in [-0.25, -0.2) is 9.37 Å². The Kier molecular flexibility index (Phi) is 7.63. The number of carbonyl (C=O) groups excluding carboxylic acids is 1. The highest BCUT2D eigenvalue weighted by atomic mass is 19.1. The Morgan fingerprint density at radius 2 is 2.18 bits per heavy atom. The van der Waals surface area contributed by atoms with Gasteiger partial charge in [0.05, 0.1) is 12.6 Å². The molecule has 2 aliphatic rings. The first-order chi connectivity index (χ1) is 16.4. The number of carbonyl (C=O) groups is 1. The number of rotatable bonds is 7. The number of ether oxygens (including phenoxy) is 1. The molecule has 0 unspecified atom stereocenters. The van der Waals surface area contributed by atoms with Crippen LogP contribution in [0.1, 0.15) is 54.6 Å². The largest absolute Gasteiger partial charge is 0.472 e. The molecule has 6 nitrogen and oxygen atoms in total. The van der Waals surface area contributed by atoms with Gasteiger partial charge in [0.2, 0.25) is 5.88 Å². The van der Waals surface area contributed by atoms with Crippen LogP contribution in [-0.2, 0) is 6.54 Å². The molecule has 182 valence electrons. The lowest BCUT2D eigenvalue weighted by Crippen LogP contribution is -2.49. The molecule has 3 atom stereocenters. The molecular formula is C27H34FN3O3. The van der Waals surface area contributed by atoms with Gasteiger partial charge in [-0.05, 0) is 68.1 Å². The van der Waals surface area contributed by atoms with Gasteiger partial charge in [0, 0.05) is 31.7 Å². The molecule has 4 rings (SSSR count). The number of pyridine rings is 1. The smallest absolute Gasteiger partial charge is 0.259 e. The van der Waals surface area contributed by atoms with Crippen molar-refractivity contribution in [2.45, 2.75) is 51.8 Å². The summed E-state index contributed by atoms with van der Waals surface area (Å²) >= 11 is 0. The second-order valence-corrected chi connectivity index (χ2v) is 9.65. The Morgan fingerprint density at radius 1 is 1.35 bits per heavy atom. The number of nitrogens with zero attached hydrogens (tertiary/aromatic N) is 3. The van der Waals surface area contributed by atoms with Gasteiger partial charge >= 0.3 is 0 Å². The first kappa shape index (κ1) is 24.4. The third-order valence-corrected chi connectivity index (χ3v) is 6.77. The van der Waals surface area contributed by atoms with E-state index in [1.807, 2.05) is 33.0 Å². The minimum absolute atomic E-state index is 0.0000708. The number of amides is 1. The lowest BCUT2D eigenvalue weighted by Gasteiger charge is -2.37. The van der Waals surface area contributed by atoms with Crippen LogP contribution in [0.3, 0.4) is 0 Å². The lowest BCUT2D eigenvalue weighted by molar-refractivity contribution is 0.0325. The van der Waals surface area contributed by atoms with Crippen LogP contribution < -0.4 is 4.74 Å². The first-order valence-electron chi connectivity index (χ1n) is 12.1. The predicted molar refractivity (Wildman–Crippen MR) is 130 cm³/mol. The van der Waals surface area contributed by atoms with Crippen LogP contribution in [0.15, 0.2) is 42.6 Å². The summed E-state index contributed by atoms with van der Waals surface area (Å²) in [4.78, 5) is 21.9. The molecule has 2 aromatic rings. The molecule has 1 aromatic heterocycles. The van der Waals surface area contributed by atoms with Crippen LogP contribution in [0, 0.1) is 11.7 Å². The van der Waals surface area contributed by atoms with Crippen molar-refractivity contribution >= 4 is 11.5 Å². The fraction of sp³-hybridized carbons (Fsp3) is 0.481. The molecule has 2 heterocycles. The molecule has 1 aliphatic heterocycles. The molecule has 1 aromatic carbocycles. The average molecular weight is 468 g/mol. The van der Waals surface area contributed by atoms with E-state index in [4.69, 9.17) is 4.74 Å². The summed E-state index contributed by atoms with van der Waals surface area (Å²) in [5, 5.41) is 9.84. The zero-order valence-electron chi connectivity index (χ0n) is 20.2. The predicted octanol–water partition coefficient (Wildman–Crippen LogP) is 4.14. The Hall–Kier alpha value is -2.77. The summed E-state index contributed by atoms with van der Waals surface area (Å²) in [5.41, 5.74) is 3.50. The number of halogens is 1. The third kappa shape index (κ3) is 5.47. The lowest BCUT2D eigenvalue weighted by atomic mass is 9.99. The van der Waals surface area contributed by atoms with E-state index in [-0.39, 0.29) is 36.4 Å². The van der Waals surface area contributed by atoms with Crippen molar-refractivity contribution in [3.8, 4) is 5.88 Å². The van der Waals surface area contributed by atoms with Crippen molar-refractivity contribution in [1.29, 1.82) is 0 Å². The third-order valence-electron chi connectivity index (χ3n) is 6.77. The second kappa shape index (κ2) is 10.7. The second-order valence-electron chi connectivity index (χ2n) is 9.65. The monoisotopic (exact) mass is 467 g/mol. The molecule has 0 radical (unpaired) electrons. The molecule has 0 fully saturated rings. The van der Waals surface area contributed by atoms with Gasteiger partial charge in [-0.2, -0.15) is 0 Å². The number of allylic oxidation sites excluding steroid dienone is 2. The van der Waals surface area contributed by atoms with Crippen molar-refractivity contribution in [3.05, 3.63) is 65.1 Å². The zero-order chi connectivity index (χ0) is 24.2. The summed E-state index contributed by atoms with van der Waals surface area (Å²) in [6.07, 6.45) is 6.91. The van der Waals surface area contributed by atoms with E-state index in [0.29, 0.717) is 31.1 Å². The molecular weight excluding hydrogens is 433 g/mol. The maximum absolute atomic E-state index is 13.6. The number of fused-ring (bicyclic) bond motifs is 1. The highest BCUT2D eigenvalue weighted by molar-refractivity contribution is 5.97. The Labute approximate surface area is 201 Å². The molecule has 0 spiro atoms. The number of likely N-dealkylation sites (N-methyl/N-ethyl adjacent to an activating group) is 1. The van der Waals surface area contributed by atoms with Crippen LogP contribution in [0.4, 0.5) is 4.39 Å². The summed E-state index contributed by atoms with van der Waals surface area (Å²) in [6.45, 7) is 5.42. The van der Waals surface area contributed by atoms with Gasteiger partial charge in [0.15, 0.2) is 0 Å². The normalized spacial score (nSPS) is 21.5. The molecule has 7 heteroatoms. The molecule has 1 N–H and O–H groups in total. The number of aliphatic hydroxyl groups excluding tert-OH is 1. The molecule has 0 bridgehead atoms. The van der Waals surface area contributed by atoms with E-state index < -0.39 is 0 Å². The van der Waals surface area contributed by atoms with E-state index in [1.54, 1.807) is 23.2 Å². The minimum Gasteiger partial charge on any atom is -0.472 e. The van der Waals surface area contributed by atoms with Crippen LogP contribution >= 0.6 is 0 Å². The van der Waals surface area contributed by atoms with E-state index in [2.05, 4.69) is 16.0 Å². The minimum atomic E-state index is -0.319. The summed E-state index contributed by atoms with van der Waals surface area (Å²) in [5.74, 6) is -0.0823. The molecule has 0 saturated carbocycles.